The molecule has 0 aliphatic rings. The van der Waals surface area contributed by atoms with E-state index in [0.717, 1.165) is 76.3 Å². The van der Waals surface area contributed by atoms with Gasteiger partial charge in [0.25, 0.3) is 10.1 Å². The van der Waals surface area contributed by atoms with Gasteiger partial charge < -0.3 is 9.47 Å². The van der Waals surface area contributed by atoms with Gasteiger partial charge in [-0.1, -0.05) is 231 Å². The molecule has 0 saturated carbocycles. The van der Waals surface area contributed by atoms with Crippen molar-refractivity contribution in [2.45, 2.75) is 276 Å². The molecule has 1 aromatic rings. The zero-order valence-corrected chi connectivity index (χ0v) is 42.4. The second-order valence-corrected chi connectivity index (χ2v) is 20.0. The number of esters is 2. The van der Waals surface area contributed by atoms with Crippen molar-refractivity contribution in [2.75, 3.05) is 13.2 Å². The summed E-state index contributed by atoms with van der Waals surface area (Å²) in [5.74, 6) is -1.51. The number of hydrogen-bond acceptors (Lipinski definition) is 6. The van der Waals surface area contributed by atoms with Crippen LogP contribution in [0.15, 0.2) is 47.4 Å². The summed E-state index contributed by atoms with van der Waals surface area (Å²) < 4.78 is 44.1. The molecule has 0 fully saturated rings. The minimum absolute atomic E-state index is 0.0647. The predicted octanol–water partition coefficient (Wildman–Crippen LogP) is 18.0. The molecule has 64 heavy (non-hydrogen) atoms. The van der Waals surface area contributed by atoms with Crippen molar-refractivity contribution in [3.05, 3.63) is 53.6 Å². The average molecular weight is 915 g/mol. The van der Waals surface area contributed by atoms with E-state index in [9.17, 15) is 22.6 Å². The summed E-state index contributed by atoms with van der Waals surface area (Å²) in [6.45, 7) is 4.93. The lowest BCUT2D eigenvalue weighted by Gasteiger charge is -2.11. The zero-order valence-electron chi connectivity index (χ0n) is 41.5. The van der Waals surface area contributed by atoms with Gasteiger partial charge in [0.1, 0.15) is 0 Å². The molecule has 0 amide bonds. The fourth-order valence-corrected chi connectivity index (χ4v) is 8.84. The smallest absolute Gasteiger partial charge is 0.339 e. The van der Waals surface area contributed by atoms with Crippen LogP contribution in [0.3, 0.4) is 0 Å². The lowest BCUT2D eigenvalue weighted by atomic mass is 10.0. The molecule has 7 nitrogen and oxygen atoms in total. The van der Waals surface area contributed by atoms with Crippen LogP contribution < -0.4 is 0 Å². The third-order valence-electron chi connectivity index (χ3n) is 12.5. The second kappa shape index (κ2) is 44.4. The number of unbranched alkanes of at least 4 members (excludes halogenated alkanes) is 36. The van der Waals surface area contributed by atoms with Crippen molar-refractivity contribution in [3.63, 3.8) is 0 Å². The molecule has 0 heterocycles. The van der Waals surface area contributed by atoms with Gasteiger partial charge in [0, 0.05) is 0 Å². The molecular formula is C56H98O7S. The van der Waals surface area contributed by atoms with E-state index in [2.05, 4.69) is 38.2 Å². The molecule has 1 aromatic carbocycles. The first kappa shape index (κ1) is 59.6. The normalized spacial score (nSPS) is 11.9. The Labute approximate surface area is 394 Å². The van der Waals surface area contributed by atoms with Crippen molar-refractivity contribution in [2.24, 2.45) is 0 Å². The molecule has 0 aliphatic carbocycles. The van der Waals surface area contributed by atoms with Crippen LogP contribution in [0.25, 0.3) is 0 Å². The number of carbonyl (C=O) groups excluding carboxylic acids is 2. The minimum Gasteiger partial charge on any atom is -0.462 e. The second-order valence-electron chi connectivity index (χ2n) is 18.6. The fraction of sp³-hybridized carbons (Fsp3) is 0.786. The first-order valence-corrected chi connectivity index (χ1v) is 28.5. The monoisotopic (exact) mass is 915 g/mol. The van der Waals surface area contributed by atoms with Crippen LogP contribution in [0.5, 0.6) is 0 Å². The van der Waals surface area contributed by atoms with E-state index in [1.807, 2.05) is 0 Å². The molecule has 8 heteroatoms. The molecule has 0 aromatic heterocycles. The van der Waals surface area contributed by atoms with E-state index in [4.69, 9.17) is 9.47 Å². The van der Waals surface area contributed by atoms with Crippen molar-refractivity contribution in [1.29, 1.82) is 0 Å². The highest BCUT2D eigenvalue weighted by molar-refractivity contribution is 7.85. The quantitative estimate of drug-likeness (QED) is 0.0300. The van der Waals surface area contributed by atoms with Gasteiger partial charge in [0.05, 0.1) is 29.2 Å². The van der Waals surface area contributed by atoms with Crippen LogP contribution >= 0.6 is 0 Å². The number of hydrogen-bond donors (Lipinski definition) is 1. The van der Waals surface area contributed by atoms with Gasteiger partial charge in [-0.2, -0.15) is 8.42 Å². The lowest BCUT2D eigenvalue weighted by Crippen LogP contribution is -2.16. The van der Waals surface area contributed by atoms with Gasteiger partial charge in [-0.15, -0.1) is 0 Å². The number of ether oxygens (including phenoxy) is 2. The Morgan fingerprint density at radius 1 is 0.406 bits per heavy atom. The van der Waals surface area contributed by atoms with Crippen molar-refractivity contribution >= 4 is 22.1 Å². The largest absolute Gasteiger partial charge is 0.462 e. The summed E-state index contributed by atoms with van der Waals surface area (Å²) in [7, 11) is -4.58. The predicted molar refractivity (Wildman–Crippen MR) is 271 cm³/mol. The molecule has 1 N–H and O–H groups in total. The molecule has 0 spiro atoms. The van der Waals surface area contributed by atoms with E-state index >= 15 is 0 Å². The third-order valence-corrected chi connectivity index (χ3v) is 13.4. The van der Waals surface area contributed by atoms with Crippen LogP contribution in [0.1, 0.15) is 291 Å². The Balaban J connectivity index is 2.12. The van der Waals surface area contributed by atoms with Gasteiger partial charge in [0.2, 0.25) is 0 Å². The molecule has 370 valence electrons. The van der Waals surface area contributed by atoms with Crippen LogP contribution in [-0.4, -0.2) is 38.1 Å². The highest BCUT2D eigenvalue weighted by Gasteiger charge is 2.23. The number of benzene rings is 1. The molecule has 1 rings (SSSR count). The highest BCUT2D eigenvalue weighted by atomic mass is 32.2. The fourth-order valence-electron chi connectivity index (χ4n) is 8.34. The minimum atomic E-state index is -4.58. The molecule has 0 atom stereocenters. The maximum Gasteiger partial charge on any atom is 0.339 e. The van der Waals surface area contributed by atoms with Gasteiger partial charge in [0.15, 0.2) is 0 Å². The average Bonchev–Trinajstić information content (AvgIpc) is 3.28. The van der Waals surface area contributed by atoms with Crippen molar-refractivity contribution < 1.29 is 32.0 Å². The van der Waals surface area contributed by atoms with E-state index < -0.39 is 27.0 Å². The summed E-state index contributed by atoms with van der Waals surface area (Å²) in [5.41, 5.74) is -0.280. The first-order valence-electron chi connectivity index (χ1n) is 27.1. The Morgan fingerprint density at radius 3 is 0.969 bits per heavy atom. The molecule has 0 radical (unpaired) electrons. The number of carbonyl (C=O) groups is 2. The summed E-state index contributed by atoms with van der Waals surface area (Å²) in [5, 5.41) is 0. The lowest BCUT2D eigenvalue weighted by molar-refractivity contribution is 0.0450. The summed E-state index contributed by atoms with van der Waals surface area (Å²) in [6.07, 6.45) is 59.7. The molecule has 0 bridgehead atoms. The highest BCUT2D eigenvalue weighted by Crippen LogP contribution is 2.20. The molecule has 0 saturated heterocycles. The van der Waals surface area contributed by atoms with E-state index in [1.54, 1.807) is 0 Å². The maximum atomic E-state index is 13.0. The zero-order chi connectivity index (χ0) is 46.4. The standard InChI is InChI=1S/C56H98O7S/c1-3-5-7-9-11-13-15-17-19-21-23-25-27-29-31-33-35-37-39-41-43-45-49-62-55(57)53-48-47-52(64(59,60)61)51-54(53)56(58)63-50-46-44-42-40-38-36-34-32-30-28-26-24-22-20-18-16-14-12-10-8-6-4-2/h31-34,47-48,51H,3-30,35-46,49-50H2,1-2H3,(H,59,60,61)/b33-31+,34-32+. The van der Waals surface area contributed by atoms with Crippen LogP contribution in [0, 0.1) is 0 Å². The van der Waals surface area contributed by atoms with E-state index in [1.165, 1.54) is 186 Å². The van der Waals surface area contributed by atoms with Gasteiger partial charge in [-0.25, -0.2) is 9.59 Å². The van der Waals surface area contributed by atoms with Crippen molar-refractivity contribution in [1.82, 2.24) is 0 Å². The Kier molecular flexibility index (Phi) is 41.3. The third kappa shape index (κ3) is 36.7. The first-order chi connectivity index (χ1) is 31.3. The maximum absolute atomic E-state index is 13.0. The van der Waals surface area contributed by atoms with Gasteiger partial charge in [-0.05, 0) is 82.4 Å². The SMILES string of the molecule is CCCCCCCCCCCCCCC/C=C/CCCCCCCOC(=O)c1ccc(S(=O)(=O)O)cc1C(=O)OCCCCCCC/C=C/CCCCCCCCCCCCCCC. The molecular weight excluding hydrogens is 817 g/mol. The van der Waals surface area contributed by atoms with Crippen LogP contribution in [-0.2, 0) is 19.6 Å². The topological polar surface area (TPSA) is 107 Å². The van der Waals surface area contributed by atoms with Crippen molar-refractivity contribution in [3.8, 4) is 0 Å². The van der Waals surface area contributed by atoms with E-state index in [-0.39, 0.29) is 24.3 Å². The van der Waals surface area contributed by atoms with Gasteiger partial charge >= 0.3 is 11.9 Å². The van der Waals surface area contributed by atoms with Gasteiger partial charge in [-0.3, -0.25) is 4.55 Å². The summed E-state index contributed by atoms with van der Waals surface area (Å²) in [4.78, 5) is 25.5. The van der Waals surface area contributed by atoms with Crippen LogP contribution in [0.2, 0.25) is 0 Å². The molecule has 0 unspecified atom stereocenters. The number of allylic oxidation sites excluding steroid dienone is 4. The Bertz CT molecular complexity index is 1400. The summed E-state index contributed by atoms with van der Waals surface area (Å²) >= 11 is 0. The van der Waals surface area contributed by atoms with Crippen LogP contribution in [0.4, 0.5) is 0 Å². The van der Waals surface area contributed by atoms with E-state index in [0.29, 0.717) is 12.8 Å². The molecule has 0 aliphatic heterocycles. The summed E-state index contributed by atoms with van der Waals surface area (Å²) in [6, 6.07) is 3.31. The number of rotatable bonds is 47. The Morgan fingerprint density at radius 2 is 0.672 bits per heavy atom. The Hall–Kier alpha value is -2.45.